The number of amides is 2. The Morgan fingerprint density at radius 3 is 2.87 bits per heavy atom. The van der Waals surface area contributed by atoms with Crippen LogP contribution in [0.2, 0.25) is 0 Å². The van der Waals surface area contributed by atoms with Crippen molar-refractivity contribution in [1.82, 2.24) is 20.2 Å². The van der Waals surface area contributed by atoms with E-state index in [4.69, 9.17) is 14.5 Å². The maximum absolute atomic E-state index is 12.6. The molecule has 2 aliphatic heterocycles. The molecule has 0 aliphatic carbocycles. The first kappa shape index (κ1) is 18.7. The number of imidazole rings is 1. The van der Waals surface area contributed by atoms with E-state index in [0.717, 1.165) is 36.2 Å². The summed E-state index contributed by atoms with van der Waals surface area (Å²) in [4.78, 5) is 23.1. The number of hydrogen-bond donors (Lipinski definition) is 3. The van der Waals surface area contributed by atoms with Gasteiger partial charge in [0.25, 0.3) is 0 Å². The summed E-state index contributed by atoms with van der Waals surface area (Å²) >= 11 is 0. The highest BCUT2D eigenvalue weighted by atomic mass is 16.6. The monoisotopic (exact) mass is 407 g/mol. The maximum atomic E-state index is 12.6. The SMILES string of the molecule is CN1CC[C@@H](NC(=O)Nc2ccc3c(c2)OCCO3)C[C@@H]1c1nc2ccccc2[nH]1. The number of benzene rings is 2. The van der Waals surface area contributed by atoms with Crippen molar-refractivity contribution in [3.63, 3.8) is 0 Å². The number of carbonyl (C=O) groups excluding carboxylic acids is 1. The number of urea groups is 1. The van der Waals surface area contributed by atoms with Gasteiger partial charge in [-0.15, -0.1) is 0 Å². The fourth-order valence-corrected chi connectivity index (χ4v) is 4.14. The second-order valence-electron chi connectivity index (χ2n) is 7.81. The number of ether oxygens (including phenoxy) is 2. The molecule has 1 aromatic heterocycles. The zero-order valence-electron chi connectivity index (χ0n) is 16.9. The molecule has 0 radical (unpaired) electrons. The molecule has 2 aromatic carbocycles. The lowest BCUT2D eigenvalue weighted by Crippen LogP contribution is -2.46. The molecule has 3 heterocycles. The van der Waals surface area contributed by atoms with Crippen LogP contribution in [0.15, 0.2) is 42.5 Å². The van der Waals surface area contributed by atoms with E-state index in [1.807, 2.05) is 36.4 Å². The lowest BCUT2D eigenvalue weighted by molar-refractivity contribution is 0.153. The third kappa shape index (κ3) is 3.78. The highest BCUT2D eigenvalue weighted by molar-refractivity contribution is 5.89. The van der Waals surface area contributed by atoms with Crippen molar-refractivity contribution in [3.05, 3.63) is 48.3 Å². The van der Waals surface area contributed by atoms with E-state index in [2.05, 4.69) is 27.6 Å². The van der Waals surface area contributed by atoms with Crippen LogP contribution >= 0.6 is 0 Å². The molecule has 0 saturated carbocycles. The Morgan fingerprint density at radius 1 is 1.17 bits per heavy atom. The summed E-state index contributed by atoms with van der Waals surface area (Å²) in [5, 5.41) is 6.02. The van der Waals surface area contributed by atoms with Gasteiger partial charge in [0.1, 0.15) is 19.0 Å². The Morgan fingerprint density at radius 2 is 2.00 bits per heavy atom. The molecule has 0 spiro atoms. The molecule has 1 fully saturated rings. The number of fused-ring (bicyclic) bond motifs is 2. The van der Waals surface area contributed by atoms with Crippen molar-refractivity contribution < 1.29 is 14.3 Å². The quantitative estimate of drug-likeness (QED) is 0.620. The zero-order chi connectivity index (χ0) is 20.5. The van der Waals surface area contributed by atoms with Gasteiger partial charge in [0, 0.05) is 24.3 Å². The van der Waals surface area contributed by atoms with Crippen molar-refractivity contribution in [1.29, 1.82) is 0 Å². The third-order valence-electron chi connectivity index (χ3n) is 5.73. The van der Waals surface area contributed by atoms with Gasteiger partial charge in [-0.2, -0.15) is 0 Å². The average Bonchev–Trinajstić information content (AvgIpc) is 3.19. The molecule has 156 valence electrons. The minimum Gasteiger partial charge on any atom is -0.486 e. The van der Waals surface area contributed by atoms with Gasteiger partial charge in [-0.1, -0.05) is 12.1 Å². The molecule has 8 nitrogen and oxygen atoms in total. The molecule has 0 bridgehead atoms. The van der Waals surface area contributed by atoms with Crippen LogP contribution in [0.5, 0.6) is 11.5 Å². The van der Waals surface area contributed by atoms with Gasteiger partial charge in [0.15, 0.2) is 11.5 Å². The van der Waals surface area contributed by atoms with Crippen LogP contribution in [0.4, 0.5) is 10.5 Å². The number of H-pyrrole nitrogens is 1. The summed E-state index contributed by atoms with van der Waals surface area (Å²) in [7, 11) is 2.10. The number of nitrogens with one attached hydrogen (secondary N) is 3. The molecule has 2 amide bonds. The Kier molecular flexibility index (Phi) is 4.92. The number of rotatable bonds is 3. The second kappa shape index (κ2) is 7.87. The van der Waals surface area contributed by atoms with E-state index < -0.39 is 0 Å². The summed E-state index contributed by atoms with van der Waals surface area (Å²) in [5.41, 5.74) is 2.68. The van der Waals surface area contributed by atoms with E-state index >= 15 is 0 Å². The van der Waals surface area contributed by atoms with Crippen molar-refractivity contribution >= 4 is 22.8 Å². The molecule has 5 rings (SSSR count). The van der Waals surface area contributed by atoms with Gasteiger partial charge in [0.2, 0.25) is 0 Å². The van der Waals surface area contributed by atoms with Crippen molar-refractivity contribution in [3.8, 4) is 11.5 Å². The number of aromatic nitrogens is 2. The van der Waals surface area contributed by atoms with Gasteiger partial charge in [-0.3, -0.25) is 4.90 Å². The molecule has 0 unspecified atom stereocenters. The number of nitrogens with zero attached hydrogens (tertiary/aromatic N) is 2. The third-order valence-corrected chi connectivity index (χ3v) is 5.73. The van der Waals surface area contributed by atoms with Crippen LogP contribution in [0.3, 0.4) is 0 Å². The summed E-state index contributed by atoms with van der Waals surface area (Å²) in [6.45, 7) is 1.95. The number of aromatic amines is 1. The van der Waals surface area contributed by atoms with Crippen LogP contribution in [0, 0.1) is 0 Å². The van der Waals surface area contributed by atoms with Gasteiger partial charge >= 0.3 is 6.03 Å². The van der Waals surface area contributed by atoms with E-state index in [1.165, 1.54) is 0 Å². The van der Waals surface area contributed by atoms with E-state index in [9.17, 15) is 4.79 Å². The minimum atomic E-state index is -0.218. The molecule has 8 heteroatoms. The van der Waals surface area contributed by atoms with E-state index in [-0.39, 0.29) is 18.1 Å². The van der Waals surface area contributed by atoms with Crippen LogP contribution in [-0.4, -0.2) is 53.7 Å². The van der Waals surface area contributed by atoms with E-state index in [0.29, 0.717) is 30.4 Å². The van der Waals surface area contributed by atoms with Gasteiger partial charge in [-0.25, -0.2) is 9.78 Å². The Bertz CT molecular complexity index is 1030. The molecular formula is C22H25N5O3. The second-order valence-corrected chi connectivity index (χ2v) is 7.81. The average molecular weight is 407 g/mol. The van der Waals surface area contributed by atoms with Gasteiger partial charge < -0.3 is 25.1 Å². The van der Waals surface area contributed by atoms with Crippen LogP contribution in [0.1, 0.15) is 24.7 Å². The van der Waals surface area contributed by atoms with Gasteiger partial charge in [0.05, 0.1) is 17.1 Å². The summed E-state index contributed by atoms with van der Waals surface area (Å²) in [6.07, 6.45) is 1.69. The molecule has 3 aromatic rings. The van der Waals surface area contributed by atoms with Crippen molar-refractivity contribution in [2.45, 2.75) is 24.9 Å². The van der Waals surface area contributed by atoms with Crippen LogP contribution in [-0.2, 0) is 0 Å². The molecule has 2 atom stereocenters. The summed E-state index contributed by atoms with van der Waals surface area (Å²) in [5.74, 6) is 2.30. The Balaban J connectivity index is 1.24. The predicted octanol–water partition coefficient (Wildman–Crippen LogP) is 3.29. The number of hydrogen-bond acceptors (Lipinski definition) is 5. The number of carbonyl (C=O) groups is 1. The number of piperidine rings is 1. The lowest BCUT2D eigenvalue weighted by Gasteiger charge is -2.36. The van der Waals surface area contributed by atoms with Crippen LogP contribution in [0.25, 0.3) is 11.0 Å². The normalized spacial score (nSPS) is 21.4. The largest absolute Gasteiger partial charge is 0.486 e. The first-order valence-corrected chi connectivity index (χ1v) is 10.3. The van der Waals surface area contributed by atoms with Crippen molar-refractivity contribution in [2.24, 2.45) is 0 Å². The molecule has 1 saturated heterocycles. The number of likely N-dealkylation sites (tertiary alicyclic amines) is 1. The number of anilines is 1. The molecule has 3 N–H and O–H groups in total. The summed E-state index contributed by atoms with van der Waals surface area (Å²) < 4.78 is 11.1. The first-order chi connectivity index (χ1) is 14.7. The Hall–Kier alpha value is -3.26. The van der Waals surface area contributed by atoms with Gasteiger partial charge in [-0.05, 0) is 44.2 Å². The lowest BCUT2D eigenvalue weighted by atomic mass is 9.97. The van der Waals surface area contributed by atoms with E-state index in [1.54, 1.807) is 6.07 Å². The molecule has 2 aliphatic rings. The fraction of sp³-hybridized carbons (Fsp3) is 0.364. The smallest absolute Gasteiger partial charge is 0.319 e. The predicted molar refractivity (Wildman–Crippen MR) is 114 cm³/mol. The Labute approximate surface area is 174 Å². The highest BCUT2D eigenvalue weighted by Gasteiger charge is 2.30. The van der Waals surface area contributed by atoms with Crippen LogP contribution < -0.4 is 20.1 Å². The van der Waals surface area contributed by atoms with Crippen molar-refractivity contribution in [2.75, 3.05) is 32.1 Å². The maximum Gasteiger partial charge on any atom is 0.319 e. The highest BCUT2D eigenvalue weighted by Crippen LogP contribution is 2.33. The molecular weight excluding hydrogens is 382 g/mol. The number of para-hydroxylation sites is 2. The fourth-order valence-electron chi connectivity index (χ4n) is 4.14. The molecule has 30 heavy (non-hydrogen) atoms. The minimum absolute atomic E-state index is 0.0663. The summed E-state index contributed by atoms with van der Waals surface area (Å²) in [6, 6.07) is 13.4. The standard InChI is InChI=1S/C22H25N5O3/c1-27-9-8-15(12-18(27)21-25-16-4-2-3-5-17(16)26-21)24-22(28)23-14-6-7-19-20(13-14)30-11-10-29-19/h2-7,13,15,18H,8-12H2,1H3,(H,25,26)(H2,23,24,28)/t15-,18-/m1/s1. The first-order valence-electron chi connectivity index (χ1n) is 10.3. The topological polar surface area (TPSA) is 91.5 Å². The zero-order valence-corrected chi connectivity index (χ0v) is 16.9.